The third kappa shape index (κ3) is 6.08. The lowest BCUT2D eigenvalue weighted by Gasteiger charge is -2.36. The van der Waals surface area contributed by atoms with Gasteiger partial charge >= 0.3 is 0 Å². The van der Waals surface area contributed by atoms with Crippen LogP contribution in [0.2, 0.25) is 0 Å². The quantitative estimate of drug-likeness (QED) is 0.608. The average molecular weight is 415 g/mol. The lowest BCUT2D eigenvalue weighted by molar-refractivity contribution is -0.121. The van der Waals surface area contributed by atoms with Crippen LogP contribution < -0.4 is 10.6 Å². The number of pyridine rings is 1. The van der Waals surface area contributed by atoms with Gasteiger partial charge in [-0.2, -0.15) is 0 Å². The summed E-state index contributed by atoms with van der Waals surface area (Å²) in [7, 11) is 0. The highest BCUT2D eigenvalue weighted by atomic mass is 19.1. The van der Waals surface area contributed by atoms with Crippen molar-refractivity contribution in [2.45, 2.75) is 43.9 Å². The fourth-order valence-corrected chi connectivity index (χ4v) is 3.50. The maximum absolute atomic E-state index is 13.8. The number of benzene rings is 1. The van der Waals surface area contributed by atoms with Crippen molar-refractivity contribution in [2.75, 3.05) is 13.2 Å². The van der Waals surface area contributed by atoms with E-state index in [0.717, 1.165) is 0 Å². The van der Waals surface area contributed by atoms with E-state index in [0.29, 0.717) is 31.5 Å². The Morgan fingerprint density at radius 3 is 2.70 bits per heavy atom. The van der Waals surface area contributed by atoms with E-state index in [-0.39, 0.29) is 30.6 Å². The summed E-state index contributed by atoms with van der Waals surface area (Å²) in [6.45, 7) is 0.186. The van der Waals surface area contributed by atoms with Crippen LogP contribution in [0.4, 0.5) is 4.39 Å². The summed E-state index contributed by atoms with van der Waals surface area (Å²) in [6, 6.07) is 10.8. The molecule has 1 saturated heterocycles. The summed E-state index contributed by atoms with van der Waals surface area (Å²) in [5, 5.41) is 15.3. The molecule has 160 valence electrons. The minimum Gasteiger partial charge on any atom is -0.394 e. The molecule has 1 fully saturated rings. The Bertz CT molecular complexity index is 849. The summed E-state index contributed by atoms with van der Waals surface area (Å²) in [5.74, 6) is -1.23. The van der Waals surface area contributed by atoms with Crippen molar-refractivity contribution in [1.82, 2.24) is 15.6 Å². The van der Waals surface area contributed by atoms with Gasteiger partial charge in [0, 0.05) is 18.4 Å². The number of carbonyl (C=O) groups excluding carboxylic acids is 2. The smallest absolute Gasteiger partial charge is 0.254 e. The van der Waals surface area contributed by atoms with Crippen molar-refractivity contribution < 1.29 is 23.8 Å². The van der Waals surface area contributed by atoms with Gasteiger partial charge in [0.15, 0.2) is 0 Å². The number of aliphatic hydroxyl groups is 1. The van der Waals surface area contributed by atoms with E-state index in [9.17, 15) is 19.1 Å². The molecule has 1 aromatic heterocycles. The minimum absolute atomic E-state index is 0.0352. The van der Waals surface area contributed by atoms with Gasteiger partial charge in [-0.3, -0.25) is 14.6 Å². The Kier molecular flexibility index (Phi) is 7.87. The van der Waals surface area contributed by atoms with E-state index in [2.05, 4.69) is 15.6 Å². The molecule has 1 aliphatic rings. The summed E-state index contributed by atoms with van der Waals surface area (Å²) in [5.41, 5.74) is 0.671. The van der Waals surface area contributed by atoms with E-state index in [1.54, 1.807) is 24.4 Å². The average Bonchev–Trinajstić information content (AvgIpc) is 2.75. The van der Waals surface area contributed by atoms with Gasteiger partial charge in [-0.15, -0.1) is 0 Å². The third-order valence-electron chi connectivity index (χ3n) is 5.09. The van der Waals surface area contributed by atoms with Crippen LogP contribution in [-0.2, 0) is 16.0 Å². The molecule has 1 aromatic carbocycles. The predicted octanol–water partition coefficient (Wildman–Crippen LogP) is 1.61. The molecular formula is C22H26FN3O4. The fraction of sp³-hybridized carbons (Fsp3) is 0.409. The maximum Gasteiger partial charge on any atom is 0.254 e. The van der Waals surface area contributed by atoms with Crippen molar-refractivity contribution in [3.05, 3.63) is 65.7 Å². The maximum atomic E-state index is 13.8. The Morgan fingerprint density at radius 1 is 1.17 bits per heavy atom. The molecule has 1 aliphatic heterocycles. The molecular weight excluding hydrogens is 389 g/mol. The van der Waals surface area contributed by atoms with Gasteiger partial charge in [0.05, 0.1) is 30.7 Å². The molecule has 8 heteroatoms. The lowest BCUT2D eigenvalue weighted by atomic mass is 9.96. The molecule has 7 nitrogen and oxygen atoms in total. The van der Waals surface area contributed by atoms with Gasteiger partial charge in [0.2, 0.25) is 5.91 Å². The zero-order valence-corrected chi connectivity index (χ0v) is 16.6. The first kappa shape index (κ1) is 21.9. The summed E-state index contributed by atoms with van der Waals surface area (Å²) >= 11 is 0. The Hall–Kier alpha value is -2.84. The van der Waals surface area contributed by atoms with Gasteiger partial charge < -0.3 is 20.5 Å². The zero-order valence-electron chi connectivity index (χ0n) is 16.6. The molecule has 2 aromatic rings. The van der Waals surface area contributed by atoms with E-state index in [1.807, 2.05) is 6.07 Å². The summed E-state index contributed by atoms with van der Waals surface area (Å²) < 4.78 is 19.7. The number of ether oxygens (including phenoxy) is 1. The Labute approximate surface area is 174 Å². The van der Waals surface area contributed by atoms with Crippen LogP contribution in [-0.4, -0.2) is 53.3 Å². The zero-order chi connectivity index (χ0) is 21.3. The van der Waals surface area contributed by atoms with E-state index in [1.165, 1.54) is 18.2 Å². The number of rotatable bonds is 8. The third-order valence-corrected chi connectivity index (χ3v) is 5.09. The highest BCUT2D eigenvalue weighted by Crippen LogP contribution is 2.22. The molecule has 2 amide bonds. The number of aliphatic hydroxyl groups excluding tert-OH is 1. The number of nitrogens with zero attached hydrogens (tertiary/aromatic N) is 1. The number of amides is 2. The number of hydrogen-bond acceptors (Lipinski definition) is 5. The molecule has 3 rings (SSSR count). The van der Waals surface area contributed by atoms with E-state index < -0.39 is 23.9 Å². The van der Waals surface area contributed by atoms with Crippen LogP contribution in [0.3, 0.4) is 0 Å². The molecule has 0 aliphatic carbocycles. The topological polar surface area (TPSA) is 101 Å². The first-order valence-corrected chi connectivity index (χ1v) is 10.0. The molecule has 30 heavy (non-hydrogen) atoms. The van der Waals surface area contributed by atoms with Gasteiger partial charge in [0.25, 0.3) is 5.91 Å². The second-order valence-electron chi connectivity index (χ2n) is 7.25. The van der Waals surface area contributed by atoms with Crippen LogP contribution in [0.25, 0.3) is 0 Å². The Morgan fingerprint density at radius 2 is 1.97 bits per heavy atom. The summed E-state index contributed by atoms with van der Waals surface area (Å²) in [4.78, 5) is 28.5. The molecule has 0 radical (unpaired) electrons. The second kappa shape index (κ2) is 10.8. The fourth-order valence-electron chi connectivity index (χ4n) is 3.50. The molecule has 0 saturated carbocycles. The van der Waals surface area contributed by atoms with Crippen molar-refractivity contribution in [1.29, 1.82) is 0 Å². The highest BCUT2D eigenvalue weighted by molar-refractivity contribution is 5.94. The van der Waals surface area contributed by atoms with Crippen LogP contribution >= 0.6 is 0 Å². The molecule has 0 unspecified atom stereocenters. The monoisotopic (exact) mass is 415 g/mol. The number of halogens is 1. The van der Waals surface area contributed by atoms with Crippen LogP contribution in [0.5, 0.6) is 0 Å². The van der Waals surface area contributed by atoms with Crippen molar-refractivity contribution in [2.24, 2.45) is 0 Å². The molecule has 0 bridgehead atoms. The molecule has 3 N–H and O–H groups in total. The molecule has 3 atom stereocenters. The predicted molar refractivity (Wildman–Crippen MR) is 108 cm³/mol. The highest BCUT2D eigenvalue weighted by Gasteiger charge is 2.32. The summed E-state index contributed by atoms with van der Waals surface area (Å²) in [6.07, 6.45) is 3.00. The van der Waals surface area contributed by atoms with Crippen LogP contribution in [0.1, 0.15) is 35.3 Å². The number of carbonyl (C=O) groups is 2. The number of hydrogen-bond donors (Lipinski definition) is 3. The first-order valence-electron chi connectivity index (χ1n) is 10.0. The van der Waals surface area contributed by atoms with Crippen molar-refractivity contribution in [3.8, 4) is 0 Å². The second-order valence-corrected chi connectivity index (χ2v) is 7.25. The SMILES string of the molecule is O=C(Cc1ccccn1)NCC[C@H]1CC[C@@H](NC(=O)c2ccccc2F)[C@H](CO)O1. The lowest BCUT2D eigenvalue weighted by Crippen LogP contribution is -2.51. The van der Waals surface area contributed by atoms with Gasteiger partial charge in [-0.05, 0) is 43.5 Å². The van der Waals surface area contributed by atoms with E-state index >= 15 is 0 Å². The number of nitrogens with one attached hydrogen (secondary N) is 2. The number of aromatic nitrogens is 1. The van der Waals surface area contributed by atoms with Crippen LogP contribution in [0.15, 0.2) is 48.7 Å². The molecule has 2 heterocycles. The van der Waals surface area contributed by atoms with Gasteiger partial charge in [-0.1, -0.05) is 18.2 Å². The molecule has 0 spiro atoms. The van der Waals surface area contributed by atoms with E-state index in [4.69, 9.17) is 4.74 Å². The largest absolute Gasteiger partial charge is 0.394 e. The van der Waals surface area contributed by atoms with Crippen molar-refractivity contribution >= 4 is 11.8 Å². The van der Waals surface area contributed by atoms with Crippen LogP contribution in [0, 0.1) is 5.82 Å². The van der Waals surface area contributed by atoms with Crippen molar-refractivity contribution in [3.63, 3.8) is 0 Å². The standard InChI is InChI=1S/C22H26FN3O4/c23-18-7-2-1-6-17(18)22(29)26-19-9-8-16(30-20(19)14-27)10-12-25-21(28)13-15-5-3-4-11-24-15/h1-7,11,16,19-20,27H,8-10,12-14H2,(H,25,28)(H,26,29)/t16-,19-,20+/m1/s1. The normalized spacial score (nSPS) is 21.1. The van der Waals surface area contributed by atoms with Gasteiger partial charge in [0.1, 0.15) is 11.9 Å². The Balaban J connectivity index is 1.43. The first-order chi connectivity index (χ1) is 14.6. The minimum atomic E-state index is -0.591. The van der Waals surface area contributed by atoms with Gasteiger partial charge in [-0.25, -0.2) is 4.39 Å².